The fourth-order valence-electron chi connectivity index (χ4n) is 8.14. The van der Waals surface area contributed by atoms with Crippen molar-refractivity contribution in [2.24, 2.45) is 22.2 Å². The van der Waals surface area contributed by atoms with Gasteiger partial charge in [-0.1, -0.05) is 84.5 Å². The Labute approximate surface area is 187 Å². The third kappa shape index (κ3) is 4.78. The monoisotopic (exact) mass is 418 g/mol. The lowest BCUT2D eigenvalue weighted by Crippen LogP contribution is -2.53. The van der Waals surface area contributed by atoms with Crippen LogP contribution in [0.2, 0.25) is 0 Å². The van der Waals surface area contributed by atoms with Gasteiger partial charge in [0.25, 0.3) is 0 Å². The van der Waals surface area contributed by atoms with Gasteiger partial charge in [0, 0.05) is 0 Å². The Morgan fingerprint density at radius 3 is 1.90 bits per heavy atom. The first-order valence-corrected chi connectivity index (χ1v) is 13.8. The van der Waals surface area contributed by atoms with Crippen LogP contribution in [-0.2, 0) is 4.79 Å². The highest BCUT2D eigenvalue weighted by molar-refractivity contribution is 5.76. The molecule has 3 fully saturated rings. The van der Waals surface area contributed by atoms with Crippen molar-refractivity contribution in [2.45, 2.75) is 149 Å². The minimum Gasteiger partial charge on any atom is -0.481 e. The SMILES string of the molecule is CCCCCC1(C2CCCCC2)CCC(CCCC)(C2(C(=O)O)CCCCC2)CC1. The smallest absolute Gasteiger partial charge is 0.310 e. The molecule has 0 saturated heterocycles. The molecule has 2 heteroatoms. The van der Waals surface area contributed by atoms with Gasteiger partial charge >= 0.3 is 5.97 Å². The molecule has 0 heterocycles. The molecular formula is C28H50O2. The van der Waals surface area contributed by atoms with E-state index < -0.39 is 11.4 Å². The summed E-state index contributed by atoms with van der Waals surface area (Å²) in [6, 6.07) is 0. The van der Waals surface area contributed by atoms with Crippen molar-refractivity contribution < 1.29 is 9.90 Å². The Hall–Kier alpha value is -0.530. The number of hydrogen-bond acceptors (Lipinski definition) is 1. The predicted octanol–water partition coefficient (Wildman–Crippen LogP) is 8.92. The lowest BCUT2D eigenvalue weighted by molar-refractivity contribution is -0.171. The van der Waals surface area contributed by atoms with E-state index in [-0.39, 0.29) is 5.41 Å². The topological polar surface area (TPSA) is 37.3 Å². The van der Waals surface area contributed by atoms with Crippen molar-refractivity contribution in [1.82, 2.24) is 0 Å². The van der Waals surface area contributed by atoms with Gasteiger partial charge < -0.3 is 5.11 Å². The van der Waals surface area contributed by atoms with Gasteiger partial charge in [0.1, 0.15) is 0 Å². The zero-order valence-electron chi connectivity index (χ0n) is 20.3. The van der Waals surface area contributed by atoms with E-state index in [1.807, 2.05) is 0 Å². The van der Waals surface area contributed by atoms with Crippen molar-refractivity contribution in [3.05, 3.63) is 0 Å². The maximum atomic E-state index is 12.8. The van der Waals surface area contributed by atoms with Gasteiger partial charge in [0.05, 0.1) is 5.41 Å². The second-order valence-corrected chi connectivity index (χ2v) is 11.5. The average molecular weight is 419 g/mol. The van der Waals surface area contributed by atoms with E-state index in [1.165, 1.54) is 103 Å². The average Bonchev–Trinajstić information content (AvgIpc) is 2.80. The third-order valence-electron chi connectivity index (χ3n) is 10.1. The molecule has 0 aromatic rings. The molecule has 0 aromatic carbocycles. The maximum Gasteiger partial charge on any atom is 0.310 e. The van der Waals surface area contributed by atoms with Crippen LogP contribution in [0.4, 0.5) is 0 Å². The van der Waals surface area contributed by atoms with Gasteiger partial charge in [0.2, 0.25) is 0 Å². The summed E-state index contributed by atoms with van der Waals surface area (Å²) < 4.78 is 0. The van der Waals surface area contributed by atoms with E-state index in [0.29, 0.717) is 5.41 Å². The molecule has 0 bridgehead atoms. The lowest BCUT2D eigenvalue weighted by Gasteiger charge is -2.58. The van der Waals surface area contributed by atoms with Crippen LogP contribution in [0.15, 0.2) is 0 Å². The number of rotatable bonds is 10. The number of aliphatic carboxylic acids is 1. The van der Waals surface area contributed by atoms with E-state index in [9.17, 15) is 9.90 Å². The highest BCUT2D eigenvalue weighted by Gasteiger charge is 2.58. The summed E-state index contributed by atoms with van der Waals surface area (Å²) >= 11 is 0. The third-order valence-corrected chi connectivity index (χ3v) is 10.1. The first kappa shape index (κ1) is 24.1. The molecule has 2 nitrogen and oxygen atoms in total. The summed E-state index contributed by atoms with van der Waals surface area (Å²) in [5, 5.41) is 10.6. The first-order chi connectivity index (χ1) is 14.5. The van der Waals surface area contributed by atoms with Crippen LogP contribution in [0.1, 0.15) is 149 Å². The molecule has 0 aromatic heterocycles. The standard InChI is InChI=1S/C28H50O2/c1-3-5-11-16-26(24-14-9-7-10-15-24)20-22-27(23-21-26,17-6-4-2)28(25(29)30)18-12-8-13-19-28/h24H,3-23H2,1-2H3,(H,29,30). The van der Waals surface area contributed by atoms with Crippen molar-refractivity contribution in [3.63, 3.8) is 0 Å². The van der Waals surface area contributed by atoms with Crippen molar-refractivity contribution in [1.29, 1.82) is 0 Å². The summed E-state index contributed by atoms with van der Waals surface area (Å²) in [6.07, 6.45) is 26.6. The van der Waals surface area contributed by atoms with Gasteiger partial charge in [-0.15, -0.1) is 0 Å². The Morgan fingerprint density at radius 1 is 0.733 bits per heavy atom. The molecule has 3 rings (SSSR count). The van der Waals surface area contributed by atoms with Gasteiger partial charge in [-0.2, -0.15) is 0 Å². The van der Waals surface area contributed by atoms with Crippen molar-refractivity contribution >= 4 is 5.97 Å². The summed E-state index contributed by atoms with van der Waals surface area (Å²) in [5.41, 5.74) is 0.167. The second kappa shape index (κ2) is 10.9. The number of carboxylic acid groups (broad SMARTS) is 1. The molecule has 0 spiro atoms. The van der Waals surface area contributed by atoms with Crippen LogP contribution >= 0.6 is 0 Å². The molecule has 0 aliphatic heterocycles. The summed E-state index contributed by atoms with van der Waals surface area (Å²) in [6.45, 7) is 4.60. The lowest BCUT2D eigenvalue weighted by atomic mass is 9.46. The normalized spacial score (nSPS) is 32.7. The fourth-order valence-corrected chi connectivity index (χ4v) is 8.14. The molecule has 30 heavy (non-hydrogen) atoms. The highest BCUT2D eigenvalue weighted by atomic mass is 16.4. The molecule has 1 N–H and O–H groups in total. The molecular weight excluding hydrogens is 368 g/mol. The number of carbonyl (C=O) groups is 1. The Kier molecular flexibility index (Phi) is 8.73. The van der Waals surface area contributed by atoms with Crippen LogP contribution in [0.25, 0.3) is 0 Å². The molecule has 3 aliphatic rings. The molecule has 0 amide bonds. The number of unbranched alkanes of at least 4 members (excludes halogenated alkanes) is 3. The van der Waals surface area contributed by atoms with Crippen LogP contribution in [-0.4, -0.2) is 11.1 Å². The summed E-state index contributed by atoms with van der Waals surface area (Å²) in [5.74, 6) is 0.467. The van der Waals surface area contributed by atoms with Gasteiger partial charge in [-0.3, -0.25) is 4.79 Å². The number of carboxylic acids is 1. The van der Waals surface area contributed by atoms with Crippen LogP contribution < -0.4 is 0 Å². The fraction of sp³-hybridized carbons (Fsp3) is 0.964. The molecule has 174 valence electrons. The molecule has 3 saturated carbocycles. The minimum absolute atomic E-state index is 0.0676. The Balaban J connectivity index is 1.84. The van der Waals surface area contributed by atoms with Crippen LogP contribution in [0.5, 0.6) is 0 Å². The van der Waals surface area contributed by atoms with Crippen LogP contribution in [0.3, 0.4) is 0 Å². The van der Waals surface area contributed by atoms with Crippen molar-refractivity contribution in [2.75, 3.05) is 0 Å². The molecule has 0 atom stereocenters. The molecule has 3 aliphatic carbocycles. The zero-order valence-corrected chi connectivity index (χ0v) is 20.3. The Bertz CT molecular complexity index is 517. The summed E-state index contributed by atoms with van der Waals surface area (Å²) in [7, 11) is 0. The van der Waals surface area contributed by atoms with Gasteiger partial charge in [-0.25, -0.2) is 0 Å². The zero-order chi connectivity index (χ0) is 21.5. The first-order valence-electron chi connectivity index (χ1n) is 13.8. The van der Waals surface area contributed by atoms with E-state index in [2.05, 4.69) is 13.8 Å². The minimum atomic E-state index is -0.450. The Morgan fingerprint density at radius 2 is 1.33 bits per heavy atom. The highest BCUT2D eigenvalue weighted by Crippen LogP contribution is 2.64. The van der Waals surface area contributed by atoms with E-state index in [4.69, 9.17) is 0 Å². The largest absolute Gasteiger partial charge is 0.481 e. The predicted molar refractivity (Wildman–Crippen MR) is 127 cm³/mol. The van der Waals surface area contributed by atoms with E-state index >= 15 is 0 Å². The molecule has 0 radical (unpaired) electrons. The number of hydrogen-bond donors (Lipinski definition) is 1. The molecule has 0 unspecified atom stereocenters. The van der Waals surface area contributed by atoms with Crippen molar-refractivity contribution in [3.8, 4) is 0 Å². The maximum absolute atomic E-state index is 12.8. The van der Waals surface area contributed by atoms with E-state index in [0.717, 1.165) is 38.0 Å². The van der Waals surface area contributed by atoms with Gasteiger partial charge in [-0.05, 0) is 81.0 Å². The quantitative estimate of drug-likeness (QED) is 0.359. The van der Waals surface area contributed by atoms with Crippen LogP contribution in [0, 0.1) is 22.2 Å². The second-order valence-electron chi connectivity index (χ2n) is 11.5. The summed E-state index contributed by atoms with van der Waals surface area (Å²) in [4.78, 5) is 12.8. The van der Waals surface area contributed by atoms with Gasteiger partial charge in [0.15, 0.2) is 0 Å². The van der Waals surface area contributed by atoms with E-state index in [1.54, 1.807) is 0 Å².